The Balaban J connectivity index is 1.31. The van der Waals surface area contributed by atoms with Gasteiger partial charge in [-0.2, -0.15) is 5.10 Å². The van der Waals surface area contributed by atoms with E-state index in [1.54, 1.807) is 62.0 Å². The minimum atomic E-state index is -0.800. The first-order chi connectivity index (χ1) is 15.6. The quantitative estimate of drug-likeness (QED) is 0.420. The molecule has 10 heteroatoms. The molecule has 0 aliphatic heterocycles. The van der Waals surface area contributed by atoms with Crippen molar-refractivity contribution in [3.63, 3.8) is 0 Å². The molecule has 0 bridgehead atoms. The van der Waals surface area contributed by atoms with E-state index in [1.807, 2.05) is 6.07 Å². The fourth-order valence-corrected chi connectivity index (χ4v) is 2.91. The first-order valence-corrected chi connectivity index (χ1v) is 9.90. The summed E-state index contributed by atoms with van der Waals surface area (Å²) < 4.78 is 11.9. The monoisotopic (exact) mass is 432 g/mol. The van der Waals surface area contributed by atoms with Crippen LogP contribution >= 0.6 is 0 Å². The van der Waals surface area contributed by atoms with E-state index >= 15 is 0 Å². The number of nitrogens with zero attached hydrogens (tertiary/aromatic N) is 5. The lowest BCUT2D eigenvalue weighted by Gasteiger charge is -2.15. The number of hydrogen-bond donors (Lipinski definition) is 1. The van der Waals surface area contributed by atoms with Crippen LogP contribution in [0.5, 0.6) is 5.88 Å². The second-order valence-corrected chi connectivity index (χ2v) is 6.79. The Kier molecular flexibility index (Phi) is 6.30. The summed E-state index contributed by atoms with van der Waals surface area (Å²) in [5.74, 6) is 0.581. The van der Waals surface area contributed by atoms with Gasteiger partial charge in [-0.25, -0.2) is 4.68 Å². The summed E-state index contributed by atoms with van der Waals surface area (Å²) in [7, 11) is 0. The molecule has 162 valence electrons. The third kappa shape index (κ3) is 4.86. The molecule has 0 aliphatic carbocycles. The highest BCUT2D eigenvalue weighted by atomic mass is 16.5. The van der Waals surface area contributed by atoms with E-state index in [1.165, 1.54) is 6.07 Å². The molecule has 0 saturated heterocycles. The second kappa shape index (κ2) is 9.65. The number of amides is 1. The van der Waals surface area contributed by atoms with E-state index in [0.717, 1.165) is 10.2 Å². The lowest BCUT2D eigenvalue weighted by Crippen LogP contribution is -2.38. The minimum Gasteiger partial charge on any atom is -0.475 e. The third-order valence-corrected chi connectivity index (χ3v) is 4.59. The Bertz CT molecular complexity index is 1220. The zero-order valence-corrected chi connectivity index (χ0v) is 17.2. The van der Waals surface area contributed by atoms with Crippen molar-refractivity contribution in [2.45, 2.75) is 13.0 Å². The van der Waals surface area contributed by atoms with Crippen LogP contribution in [-0.2, 0) is 4.79 Å². The Labute approximate surface area is 182 Å². The number of carbonyl (C=O) groups is 1. The molecule has 4 aromatic rings. The van der Waals surface area contributed by atoms with Crippen molar-refractivity contribution in [3.8, 4) is 28.6 Å². The van der Waals surface area contributed by atoms with E-state index < -0.39 is 6.04 Å². The van der Waals surface area contributed by atoms with E-state index in [2.05, 4.69) is 25.6 Å². The minimum absolute atomic E-state index is 0.186. The molecule has 0 spiro atoms. The van der Waals surface area contributed by atoms with Crippen molar-refractivity contribution < 1.29 is 13.9 Å². The van der Waals surface area contributed by atoms with Gasteiger partial charge in [-0.05, 0) is 43.3 Å². The highest BCUT2D eigenvalue weighted by Crippen LogP contribution is 2.18. The zero-order chi connectivity index (χ0) is 22.3. The first-order valence-electron chi connectivity index (χ1n) is 9.90. The Morgan fingerprint density at radius 3 is 2.72 bits per heavy atom. The largest absolute Gasteiger partial charge is 0.475 e. The molecule has 0 fully saturated rings. The number of aromatic nitrogens is 5. The molecule has 0 radical (unpaired) electrons. The highest BCUT2D eigenvalue weighted by Gasteiger charge is 2.18. The number of carbonyl (C=O) groups excluding carboxylic acids is 1. The van der Waals surface area contributed by atoms with Crippen molar-refractivity contribution in [3.05, 3.63) is 77.5 Å². The number of nitrogens with one attached hydrogen (secondary N) is 1. The van der Waals surface area contributed by atoms with Gasteiger partial charge in [-0.3, -0.25) is 14.6 Å². The van der Waals surface area contributed by atoms with Gasteiger partial charge in [0.05, 0.1) is 18.5 Å². The molecule has 0 aromatic carbocycles. The summed E-state index contributed by atoms with van der Waals surface area (Å²) in [5, 5.41) is 15.1. The molecule has 4 aromatic heterocycles. The summed E-state index contributed by atoms with van der Waals surface area (Å²) in [5.41, 5.74) is 1.53. The maximum Gasteiger partial charge on any atom is 0.267 e. The molecule has 1 amide bonds. The van der Waals surface area contributed by atoms with Gasteiger partial charge < -0.3 is 14.5 Å². The van der Waals surface area contributed by atoms with Gasteiger partial charge in [0, 0.05) is 30.1 Å². The van der Waals surface area contributed by atoms with Gasteiger partial charge in [0.2, 0.25) is 11.8 Å². The molecule has 4 rings (SSSR count). The summed E-state index contributed by atoms with van der Waals surface area (Å²) in [6.07, 6.45) is 4.85. The smallest absolute Gasteiger partial charge is 0.267 e. The number of furan rings is 1. The first kappa shape index (κ1) is 20.9. The Morgan fingerprint density at radius 1 is 1.12 bits per heavy atom. The van der Waals surface area contributed by atoms with Gasteiger partial charge >= 0.3 is 0 Å². The predicted octanol–water partition coefficient (Wildman–Crippen LogP) is 2.11. The van der Waals surface area contributed by atoms with Crippen LogP contribution in [0.1, 0.15) is 13.0 Å². The molecule has 1 unspecified atom stereocenters. The zero-order valence-electron chi connectivity index (χ0n) is 17.2. The van der Waals surface area contributed by atoms with Crippen LogP contribution in [0.15, 0.2) is 76.4 Å². The lowest BCUT2D eigenvalue weighted by molar-refractivity contribution is -0.124. The van der Waals surface area contributed by atoms with Gasteiger partial charge in [0.25, 0.3) is 5.56 Å². The fraction of sp³-hybridized carbons (Fsp3) is 0.182. The molecular weight excluding hydrogens is 412 g/mol. The normalized spacial score (nSPS) is 11.7. The summed E-state index contributed by atoms with van der Waals surface area (Å²) in [6, 6.07) is 12.7. The molecule has 1 atom stereocenters. The second-order valence-electron chi connectivity index (χ2n) is 6.79. The van der Waals surface area contributed by atoms with E-state index in [9.17, 15) is 9.59 Å². The van der Waals surface area contributed by atoms with Crippen LogP contribution in [0, 0.1) is 0 Å². The average Bonchev–Trinajstić information content (AvgIpc) is 3.37. The van der Waals surface area contributed by atoms with E-state index in [0.29, 0.717) is 23.0 Å². The fourth-order valence-electron chi connectivity index (χ4n) is 2.91. The molecular formula is C22H20N6O4. The Hall–Kier alpha value is -4.34. The van der Waals surface area contributed by atoms with Crippen LogP contribution in [0.2, 0.25) is 0 Å². The molecule has 0 aliphatic rings. The van der Waals surface area contributed by atoms with Crippen LogP contribution in [0.25, 0.3) is 22.7 Å². The molecule has 32 heavy (non-hydrogen) atoms. The Morgan fingerprint density at radius 2 is 2.00 bits per heavy atom. The predicted molar refractivity (Wildman–Crippen MR) is 115 cm³/mol. The van der Waals surface area contributed by atoms with Crippen LogP contribution in [0.4, 0.5) is 0 Å². The van der Waals surface area contributed by atoms with Crippen molar-refractivity contribution in [1.82, 2.24) is 30.3 Å². The van der Waals surface area contributed by atoms with Crippen LogP contribution in [0.3, 0.4) is 0 Å². The van der Waals surface area contributed by atoms with Gasteiger partial charge in [-0.1, -0.05) is 0 Å². The molecule has 1 N–H and O–H groups in total. The number of hydrogen-bond acceptors (Lipinski definition) is 8. The maximum atomic E-state index is 12.5. The van der Waals surface area contributed by atoms with Gasteiger partial charge in [-0.15, -0.1) is 10.2 Å². The van der Waals surface area contributed by atoms with Gasteiger partial charge in [0.1, 0.15) is 18.3 Å². The number of pyridine rings is 1. The lowest BCUT2D eigenvalue weighted by atomic mass is 10.2. The molecule has 10 nitrogen and oxygen atoms in total. The highest BCUT2D eigenvalue weighted by molar-refractivity contribution is 5.79. The van der Waals surface area contributed by atoms with Crippen LogP contribution < -0.4 is 15.6 Å². The maximum absolute atomic E-state index is 12.5. The number of ether oxygens (including phenoxy) is 1. The van der Waals surface area contributed by atoms with Crippen molar-refractivity contribution in [2.75, 3.05) is 13.2 Å². The molecule has 0 saturated carbocycles. The third-order valence-electron chi connectivity index (χ3n) is 4.59. The van der Waals surface area contributed by atoms with Gasteiger partial charge in [0.15, 0.2) is 5.76 Å². The van der Waals surface area contributed by atoms with E-state index in [-0.39, 0.29) is 24.6 Å². The summed E-state index contributed by atoms with van der Waals surface area (Å²) >= 11 is 0. The van der Waals surface area contributed by atoms with Crippen molar-refractivity contribution in [2.24, 2.45) is 0 Å². The van der Waals surface area contributed by atoms with Crippen molar-refractivity contribution >= 4 is 5.91 Å². The van der Waals surface area contributed by atoms with Crippen molar-refractivity contribution in [1.29, 1.82) is 0 Å². The topological polar surface area (TPSA) is 125 Å². The molecule has 4 heterocycles. The standard InChI is InChI=1S/C22H20N6O4/c1-15(28-21(29)9-7-17(27-28)16-4-2-10-23-14-16)22(30)24-11-13-32-20-8-6-18(25-26-20)19-5-3-12-31-19/h2-10,12,14-15H,11,13H2,1H3,(H,24,30). The average molecular weight is 432 g/mol. The van der Waals surface area contributed by atoms with E-state index in [4.69, 9.17) is 9.15 Å². The SMILES string of the molecule is CC(C(=O)NCCOc1ccc(-c2ccco2)nn1)n1nc(-c2cccnc2)ccc1=O. The number of rotatable bonds is 8. The summed E-state index contributed by atoms with van der Waals surface area (Å²) in [6.45, 7) is 2.02. The summed E-state index contributed by atoms with van der Waals surface area (Å²) in [4.78, 5) is 28.8. The van der Waals surface area contributed by atoms with Crippen LogP contribution in [-0.4, -0.2) is 44.0 Å².